The lowest BCUT2D eigenvalue weighted by molar-refractivity contribution is 0.118. The maximum atomic E-state index is 9.03. The molecule has 0 unspecified atom stereocenters. The van der Waals surface area contributed by atoms with Gasteiger partial charge in [-0.1, -0.05) is 27.7 Å². The van der Waals surface area contributed by atoms with Gasteiger partial charge >= 0.3 is 0 Å². The van der Waals surface area contributed by atoms with Gasteiger partial charge in [-0.15, -0.1) is 0 Å². The lowest BCUT2D eigenvalue weighted by atomic mass is 9.81. The fourth-order valence-corrected chi connectivity index (χ4v) is 2.13. The van der Waals surface area contributed by atoms with Crippen LogP contribution < -0.4 is 5.32 Å². The highest BCUT2D eigenvalue weighted by Crippen LogP contribution is 2.26. The molecule has 0 rings (SSSR count). The predicted molar refractivity (Wildman–Crippen MR) is 70.8 cm³/mol. The van der Waals surface area contributed by atoms with Crippen LogP contribution in [0.5, 0.6) is 0 Å². The van der Waals surface area contributed by atoms with Gasteiger partial charge in [-0.3, -0.25) is 0 Å². The molecule has 0 amide bonds. The van der Waals surface area contributed by atoms with Crippen molar-refractivity contribution in [3.63, 3.8) is 0 Å². The average Bonchev–Trinajstić information content (AvgIpc) is 2.33. The van der Waals surface area contributed by atoms with Crippen molar-refractivity contribution in [3.8, 4) is 0 Å². The van der Waals surface area contributed by atoms with Crippen LogP contribution in [0.1, 0.15) is 40.5 Å². The van der Waals surface area contributed by atoms with Gasteiger partial charge in [0.1, 0.15) is 0 Å². The van der Waals surface area contributed by atoms with Gasteiger partial charge in [0.2, 0.25) is 0 Å². The molecule has 0 aliphatic rings. The molecule has 0 aliphatic heterocycles. The Bertz CT molecular complexity index is 158. The van der Waals surface area contributed by atoms with E-state index in [4.69, 9.17) is 5.11 Å². The minimum Gasteiger partial charge on any atom is -0.395 e. The molecule has 0 bridgehead atoms. The highest BCUT2D eigenvalue weighted by molar-refractivity contribution is 4.82. The summed E-state index contributed by atoms with van der Waals surface area (Å²) >= 11 is 0. The van der Waals surface area contributed by atoms with Gasteiger partial charge < -0.3 is 15.3 Å². The first-order chi connectivity index (χ1) is 7.67. The fourth-order valence-electron chi connectivity index (χ4n) is 2.13. The van der Waals surface area contributed by atoms with E-state index in [0.29, 0.717) is 5.41 Å². The minimum atomic E-state index is 0.262. The Morgan fingerprint density at radius 2 is 1.75 bits per heavy atom. The van der Waals surface area contributed by atoms with Crippen LogP contribution in [0.25, 0.3) is 0 Å². The van der Waals surface area contributed by atoms with E-state index in [-0.39, 0.29) is 6.61 Å². The quantitative estimate of drug-likeness (QED) is 0.600. The lowest BCUT2D eigenvalue weighted by Crippen LogP contribution is -2.44. The Hall–Kier alpha value is -0.120. The van der Waals surface area contributed by atoms with Crippen molar-refractivity contribution in [1.82, 2.24) is 10.2 Å². The van der Waals surface area contributed by atoms with Gasteiger partial charge in [0, 0.05) is 19.6 Å². The van der Waals surface area contributed by atoms with E-state index < -0.39 is 0 Å². The van der Waals surface area contributed by atoms with E-state index in [1.165, 1.54) is 12.8 Å². The number of rotatable bonds is 10. The molecule has 0 aliphatic carbocycles. The molecule has 2 N–H and O–H groups in total. The highest BCUT2D eigenvalue weighted by Gasteiger charge is 2.27. The molecule has 0 aromatic heterocycles. The summed E-state index contributed by atoms with van der Waals surface area (Å²) in [6, 6.07) is 0. The SMILES string of the molecule is CCNCC(CC)(CC)CN(CC)CCO. The fraction of sp³-hybridized carbons (Fsp3) is 1.00. The molecular formula is C13H30N2O. The van der Waals surface area contributed by atoms with Gasteiger partial charge in [0.25, 0.3) is 0 Å². The Morgan fingerprint density at radius 3 is 2.12 bits per heavy atom. The Balaban J connectivity index is 4.37. The van der Waals surface area contributed by atoms with E-state index >= 15 is 0 Å². The van der Waals surface area contributed by atoms with Crippen molar-refractivity contribution in [2.45, 2.75) is 40.5 Å². The van der Waals surface area contributed by atoms with Gasteiger partial charge in [-0.2, -0.15) is 0 Å². The number of aliphatic hydroxyl groups is 1. The smallest absolute Gasteiger partial charge is 0.0558 e. The molecule has 3 nitrogen and oxygen atoms in total. The van der Waals surface area contributed by atoms with E-state index in [0.717, 1.165) is 32.7 Å². The molecule has 0 heterocycles. The number of aliphatic hydroxyl groups excluding tert-OH is 1. The summed E-state index contributed by atoms with van der Waals surface area (Å²) in [6.07, 6.45) is 2.39. The summed E-state index contributed by atoms with van der Waals surface area (Å²) < 4.78 is 0. The van der Waals surface area contributed by atoms with Crippen LogP contribution in [-0.2, 0) is 0 Å². The molecule has 0 spiro atoms. The van der Waals surface area contributed by atoms with Crippen molar-refractivity contribution in [3.05, 3.63) is 0 Å². The third-order valence-corrected chi connectivity index (χ3v) is 3.67. The highest BCUT2D eigenvalue weighted by atomic mass is 16.3. The third-order valence-electron chi connectivity index (χ3n) is 3.67. The van der Waals surface area contributed by atoms with Crippen molar-refractivity contribution in [2.24, 2.45) is 5.41 Å². The molecule has 3 heteroatoms. The lowest BCUT2D eigenvalue weighted by Gasteiger charge is -2.37. The maximum absolute atomic E-state index is 9.03. The van der Waals surface area contributed by atoms with Crippen molar-refractivity contribution < 1.29 is 5.11 Å². The average molecular weight is 230 g/mol. The molecule has 0 fully saturated rings. The van der Waals surface area contributed by atoms with Gasteiger partial charge in [-0.05, 0) is 31.3 Å². The molecular weight excluding hydrogens is 200 g/mol. The maximum Gasteiger partial charge on any atom is 0.0558 e. The molecule has 0 aromatic rings. The number of nitrogens with zero attached hydrogens (tertiary/aromatic N) is 1. The molecule has 0 aromatic carbocycles. The van der Waals surface area contributed by atoms with E-state index in [1.54, 1.807) is 0 Å². The Labute approximate surface area is 101 Å². The largest absolute Gasteiger partial charge is 0.395 e. The van der Waals surface area contributed by atoms with E-state index in [2.05, 4.69) is 37.9 Å². The zero-order valence-electron chi connectivity index (χ0n) is 11.6. The zero-order valence-corrected chi connectivity index (χ0v) is 11.6. The van der Waals surface area contributed by atoms with Crippen LogP contribution in [0, 0.1) is 5.41 Å². The van der Waals surface area contributed by atoms with Crippen LogP contribution in [-0.4, -0.2) is 49.3 Å². The second-order valence-electron chi connectivity index (χ2n) is 4.58. The predicted octanol–water partition coefficient (Wildman–Crippen LogP) is 1.72. The number of likely N-dealkylation sites (N-methyl/N-ethyl adjacent to an activating group) is 1. The van der Waals surface area contributed by atoms with Crippen LogP contribution in [0.15, 0.2) is 0 Å². The first-order valence-corrected chi connectivity index (χ1v) is 6.71. The van der Waals surface area contributed by atoms with Crippen LogP contribution in [0.2, 0.25) is 0 Å². The molecule has 0 saturated heterocycles. The zero-order chi connectivity index (χ0) is 12.4. The first kappa shape index (κ1) is 15.9. The monoisotopic (exact) mass is 230 g/mol. The van der Waals surface area contributed by atoms with Gasteiger partial charge in [0.15, 0.2) is 0 Å². The molecule has 0 saturated carbocycles. The first-order valence-electron chi connectivity index (χ1n) is 6.71. The minimum absolute atomic E-state index is 0.262. The van der Waals surface area contributed by atoms with Crippen LogP contribution >= 0.6 is 0 Å². The molecule has 0 atom stereocenters. The standard InChI is InChI=1S/C13H30N2O/c1-5-13(6-2,11-14-7-3)12-15(8-4)9-10-16/h14,16H,5-12H2,1-4H3. The molecule has 0 radical (unpaired) electrons. The third kappa shape index (κ3) is 5.28. The van der Waals surface area contributed by atoms with Gasteiger partial charge in [0.05, 0.1) is 6.61 Å². The van der Waals surface area contributed by atoms with Crippen molar-refractivity contribution >= 4 is 0 Å². The Kier molecular flexibility index (Phi) is 8.90. The summed E-state index contributed by atoms with van der Waals surface area (Å²) in [5, 5.41) is 12.5. The normalized spacial score (nSPS) is 12.4. The summed E-state index contributed by atoms with van der Waals surface area (Å²) in [4.78, 5) is 2.35. The van der Waals surface area contributed by atoms with Crippen LogP contribution in [0.3, 0.4) is 0 Å². The summed E-state index contributed by atoms with van der Waals surface area (Å²) in [7, 11) is 0. The second kappa shape index (κ2) is 8.97. The van der Waals surface area contributed by atoms with E-state index in [1.807, 2.05) is 0 Å². The van der Waals surface area contributed by atoms with Crippen LogP contribution in [0.4, 0.5) is 0 Å². The summed E-state index contributed by atoms with van der Waals surface area (Å²) in [5.74, 6) is 0. The van der Waals surface area contributed by atoms with Gasteiger partial charge in [-0.25, -0.2) is 0 Å². The van der Waals surface area contributed by atoms with E-state index in [9.17, 15) is 0 Å². The van der Waals surface area contributed by atoms with Crippen molar-refractivity contribution in [1.29, 1.82) is 0 Å². The summed E-state index contributed by atoms with van der Waals surface area (Å²) in [5.41, 5.74) is 0.362. The second-order valence-corrected chi connectivity index (χ2v) is 4.58. The number of hydrogen-bond donors (Lipinski definition) is 2. The summed E-state index contributed by atoms with van der Waals surface area (Å²) in [6.45, 7) is 14.1. The molecule has 16 heavy (non-hydrogen) atoms. The topological polar surface area (TPSA) is 35.5 Å². The Morgan fingerprint density at radius 1 is 1.12 bits per heavy atom. The number of nitrogens with one attached hydrogen (secondary N) is 1. The van der Waals surface area contributed by atoms with Crippen molar-refractivity contribution in [2.75, 3.05) is 39.3 Å². The molecule has 98 valence electrons. The number of hydrogen-bond acceptors (Lipinski definition) is 3.